The van der Waals surface area contributed by atoms with Gasteiger partial charge < -0.3 is 5.32 Å². The predicted octanol–water partition coefficient (Wildman–Crippen LogP) is 4.71. The van der Waals surface area contributed by atoms with E-state index in [2.05, 4.69) is 69.2 Å². The smallest absolute Gasteiger partial charge is 0.133 e. The molecule has 2 rings (SSSR count). The molecule has 1 aromatic carbocycles. The third-order valence-electron chi connectivity index (χ3n) is 3.48. The molecule has 112 valence electrons. The van der Waals surface area contributed by atoms with Gasteiger partial charge in [-0.3, -0.25) is 0 Å². The lowest BCUT2D eigenvalue weighted by atomic mass is 10.0. The summed E-state index contributed by atoms with van der Waals surface area (Å²) in [7, 11) is 0. The number of anilines is 1. The number of nitrogens with one attached hydrogen (secondary N) is 1. The Morgan fingerprint density at radius 2 is 1.86 bits per heavy atom. The molecule has 1 N–H and O–H groups in total. The summed E-state index contributed by atoms with van der Waals surface area (Å²) < 4.78 is 0. The highest BCUT2D eigenvalue weighted by Gasteiger charge is 2.11. The van der Waals surface area contributed by atoms with Crippen molar-refractivity contribution in [3.63, 3.8) is 0 Å². The van der Waals surface area contributed by atoms with Crippen LogP contribution in [0.2, 0.25) is 0 Å². The van der Waals surface area contributed by atoms with Gasteiger partial charge in [0.1, 0.15) is 11.6 Å². The zero-order valence-corrected chi connectivity index (χ0v) is 13.7. The lowest BCUT2D eigenvalue weighted by Crippen LogP contribution is -2.07. The van der Waals surface area contributed by atoms with Crippen molar-refractivity contribution in [1.29, 1.82) is 0 Å². The summed E-state index contributed by atoms with van der Waals surface area (Å²) in [5.41, 5.74) is 4.70. The molecule has 0 aliphatic rings. The van der Waals surface area contributed by atoms with Gasteiger partial charge in [0, 0.05) is 24.1 Å². The molecule has 2 aromatic rings. The highest BCUT2D eigenvalue weighted by Crippen LogP contribution is 2.26. The maximum atomic E-state index is 4.76. The van der Waals surface area contributed by atoms with Crippen LogP contribution in [0.4, 0.5) is 5.82 Å². The zero-order chi connectivity index (χ0) is 15.4. The Labute approximate surface area is 127 Å². The molecule has 3 heteroatoms. The van der Waals surface area contributed by atoms with Crippen molar-refractivity contribution in [3.05, 3.63) is 41.2 Å². The fraction of sp³-hybridized carbons (Fsp3) is 0.444. The molecule has 0 amide bonds. The highest BCUT2D eigenvalue weighted by atomic mass is 15.0. The molecular weight excluding hydrogens is 258 g/mol. The van der Waals surface area contributed by atoms with Crippen LogP contribution in [-0.2, 0) is 0 Å². The minimum atomic E-state index is 0.317. The van der Waals surface area contributed by atoms with E-state index in [1.54, 1.807) is 0 Å². The molecule has 0 fully saturated rings. The van der Waals surface area contributed by atoms with Gasteiger partial charge in [-0.2, -0.15) is 0 Å². The summed E-state index contributed by atoms with van der Waals surface area (Å²) in [4.78, 5) is 9.39. The molecule has 1 heterocycles. The van der Waals surface area contributed by atoms with Crippen LogP contribution in [0.15, 0.2) is 24.3 Å². The molecule has 21 heavy (non-hydrogen) atoms. The van der Waals surface area contributed by atoms with E-state index in [4.69, 9.17) is 4.98 Å². The van der Waals surface area contributed by atoms with Gasteiger partial charge in [-0.1, -0.05) is 38.5 Å². The molecule has 0 spiro atoms. The van der Waals surface area contributed by atoms with E-state index >= 15 is 0 Å². The average Bonchev–Trinajstić information content (AvgIpc) is 2.47. The summed E-state index contributed by atoms with van der Waals surface area (Å²) in [5, 5.41) is 3.38. The van der Waals surface area contributed by atoms with Crippen LogP contribution in [0.25, 0.3) is 11.3 Å². The van der Waals surface area contributed by atoms with Gasteiger partial charge in [-0.05, 0) is 31.9 Å². The molecule has 1 aromatic heterocycles. The first-order valence-electron chi connectivity index (χ1n) is 7.71. The van der Waals surface area contributed by atoms with Crippen LogP contribution >= 0.6 is 0 Å². The van der Waals surface area contributed by atoms with E-state index in [9.17, 15) is 0 Å². The number of aromatic nitrogens is 2. The SMILES string of the molecule is CCCNc1cc(-c2cc(C)ccc2C)nc(C(C)C)n1. The summed E-state index contributed by atoms with van der Waals surface area (Å²) in [6.07, 6.45) is 1.08. The van der Waals surface area contributed by atoms with E-state index in [0.717, 1.165) is 30.3 Å². The number of nitrogens with zero attached hydrogens (tertiary/aromatic N) is 2. The molecule has 0 saturated heterocycles. The van der Waals surface area contributed by atoms with Gasteiger partial charge in [-0.15, -0.1) is 0 Å². The third kappa shape index (κ3) is 3.81. The highest BCUT2D eigenvalue weighted by molar-refractivity contribution is 5.67. The minimum absolute atomic E-state index is 0.317. The first-order chi connectivity index (χ1) is 10.0. The zero-order valence-electron chi connectivity index (χ0n) is 13.7. The Hall–Kier alpha value is -1.90. The first kappa shape index (κ1) is 15.5. The van der Waals surface area contributed by atoms with Gasteiger partial charge in [0.15, 0.2) is 0 Å². The molecule has 0 bridgehead atoms. The minimum Gasteiger partial charge on any atom is -0.370 e. The van der Waals surface area contributed by atoms with Crippen molar-refractivity contribution in [2.75, 3.05) is 11.9 Å². The van der Waals surface area contributed by atoms with Crippen molar-refractivity contribution in [1.82, 2.24) is 9.97 Å². The molecular formula is C18H25N3. The number of rotatable bonds is 5. The quantitative estimate of drug-likeness (QED) is 0.863. The Morgan fingerprint density at radius 3 is 2.52 bits per heavy atom. The molecule has 0 unspecified atom stereocenters. The molecule has 0 aliphatic heterocycles. The Bertz CT molecular complexity index is 618. The van der Waals surface area contributed by atoms with E-state index in [1.165, 1.54) is 16.7 Å². The number of hydrogen-bond donors (Lipinski definition) is 1. The predicted molar refractivity (Wildman–Crippen MR) is 89.8 cm³/mol. The largest absolute Gasteiger partial charge is 0.370 e. The van der Waals surface area contributed by atoms with Crippen molar-refractivity contribution in [2.24, 2.45) is 0 Å². The lowest BCUT2D eigenvalue weighted by molar-refractivity contribution is 0.775. The van der Waals surface area contributed by atoms with Crippen LogP contribution in [0.1, 0.15) is 50.1 Å². The van der Waals surface area contributed by atoms with Crippen molar-refractivity contribution in [2.45, 2.75) is 47.0 Å². The van der Waals surface area contributed by atoms with Gasteiger partial charge in [0.2, 0.25) is 0 Å². The summed E-state index contributed by atoms with van der Waals surface area (Å²) in [6.45, 7) is 11.6. The average molecular weight is 283 g/mol. The standard InChI is InChI=1S/C18H25N3/c1-6-9-19-17-11-16(20-18(21-17)12(2)3)15-10-13(4)7-8-14(15)5/h7-8,10-12H,6,9H2,1-5H3,(H,19,20,21). The topological polar surface area (TPSA) is 37.8 Å². The molecule has 0 saturated carbocycles. The summed E-state index contributed by atoms with van der Waals surface area (Å²) in [5.74, 6) is 2.13. The van der Waals surface area contributed by atoms with Crippen molar-refractivity contribution >= 4 is 5.82 Å². The van der Waals surface area contributed by atoms with Gasteiger partial charge >= 0.3 is 0 Å². The third-order valence-corrected chi connectivity index (χ3v) is 3.48. The Morgan fingerprint density at radius 1 is 1.10 bits per heavy atom. The van der Waals surface area contributed by atoms with E-state index in [1.807, 2.05) is 0 Å². The summed E-state index contributed by atoms with van der Waals surface area (Å²) in [6, 6.07) is 8.55. The monoisotopic (exact) mass is 283 g/mol. The van der Waals surface area contributed by atoms with E-state index in [0.29, 0.717) is 5.92 Å². The number of hydrogen-bond acceptors (Lipinski definition) is 3. The second kappa shape index (κ2) is 6.70. The Kier molecular flexibility index (Phi) is 4.94. The first-order valence-corrected chi connectivity index (χ1v) is 7.71. The van der Waals surface area contributed by atoms with Crippen LogP contribution < -0.4 is 5.32 Å². The van der Waals surface area contributed by atoms with E-state index < -0.39 is 0 Å². The van der Waals surface area contributed by atoms with Crippen molar-refractivity contribution in [3.8, 4) is 11.3 Å². The number of benzene rings is 1. The van der Waals surface area contributed by atoms with Crippen LogP contribution in [0.3, 0.4) is 0 Å². The van der Waals surface area contributed by atoms with Crippen molar-refractivity contribution < 1.29 is 0 Å². The number of aryl methyl sites for hydroxylation is 2. The second-order valence-corrected chi connectivity index (χ2v) is 5.90. The summed E-state index contributed by atoms with van der Waals surface area (Å²) >= 11 is 0. The van der Waals surface area contributed by atoms with E-state index in [-0.39, 0.29) is 0 Å². The van der Waals surface area contributed by atoms with Gasteiger partial charge in [0.05, 0.1) is 5.69 Å². The maximum Gasteiger partial charge on any atom is 0.133 e. The molecule has 0 atom stereocenters. The van der Waals surface area contributed by atoms with Gasteiger partial charge in [-0.25, -0.2) is 9.97 Å². The normalized spacial score (nSPS) is 11.0. The fourth-order valence-corrected chi connectivity index (χ4v) is 2.22. The second-order valence-electron chi connectivity index (χ2n) is 5.90. The molecule has 0 radical (unpaired) electrons. The van der Waals surface area contributed by atoms with Gasteiger partial charge in [0.25, 0.3) is 0 Å². The molecule has 3 nitrogen and oxygen atoms in total. The molecule has 0 aliphatic carbocycles. The van der Waals surface area contributed by atoms with Crippen LogP contribution in [0.5, 0.6) is 0 Å². The Balaban J connectivity index is 2.51. The maximum absolute atomic E-state index is 4.76. The fourth-order valence-electron chi connectivity index (χ4n) is 2.22. The lowest BCUT2D eigenvalue weighted by Gasteiger charge is -2.13. The van der Waals surface area contributed by atoms with Crippen LogP contribution in [0, 0.1) is 13.8 Å². The van der Waals surface area contributed by atoms with Crippen LogP contribution in [-0.4, -0.2) is 16.5 Å².